The molecule has 2 amide bonds. The molecule has 3 aromatic carbocycles. The predicted octanol–water partition coefficient (Wildman–Crippen LogP) is 3.72. The van der Waals surface area contributed by atoms with Crippen LogP contribution in [-0.4, -0.2) is 38.2 Å². The largest absolute Gasteiger partial charge is 0.357 e. The molecular weight excluding hydrogens is 493 g/mol. The summed E-state index contributed by atoms with van der Waals surface area (Å²) in [6.45, 7) is 0.121. The van der Waals surface area contributed by atoms with Gasteiger partial charge < -0.3 is 10.2 Å². The molecule has 1 saturated carbocycles. The van der Waals surface area contributed by atoms with E-state index in [0.29, 0.717) is 17.5 Å². The lowest BCUT2D eigenvalue weighted by atomic mass is 10.0. The molecule has 9 heteroatoms. The molecule has 37 heavy (non-hydrogen) atoms. The van der Waals surface area contributed by atoms with Crippen molar-refractivity contribution < 1.29 is 22.4 Å². The Morgan fingerprint density at radius 1 is 0.946 bits per heavy atom. The van der Waals surface area contributed by atoms with E-state index in [1.807, 2.05) is 6.07 Å². The molecule has 1 aliphatic rings. The summed E-state index contributed by atoms with van der Waals surface area (Å²) < 4.78 is 41.0. The molecule has 4 rings (SSSR count). The minimum atomic E-state index is -3.55. The molecule has 0 unspecified atom stereocenters. The number of nitrogens with one attached hydrogen (secondary N) is 2. The van der Waals surface area contributed by atoms with Gasteiger partial charge in [-0.1, -0.05) is 54.6 Å². The van der Waals surface area contributed by atoms with E-state index in [1.54, 1.807) is 48.5 Å². The van der Waals surface area contributed by atoms with Gasteiger partial charge in [-0.25, -0.2) is 17.5 Å². The van der Waals surface area contributed by atoms with Gasteiger partial charge in [0, 0.05) is 26.1 Å². The van der Waals surface area contributed by atoms with Crippen molar-refractivity contribution >= 4 is 21.8 Å². The van der Waals surface area contributed by atoms with E-state index < -0.39 is 16.1 Å². The maximum Gasteiger partial charge on any atom is 0.247 e. The molecule has 3 aromatic rings. The number of halogens is 1. The second-order valence-corrected chi connectivity index (χ2v) is 10.8. The molecule has 0 spiro atoms. The van der Waals surface area contributed by atoms with Crippen LogP contribution in [0.5, 0.6) is 0 Å². The van der Waals surface area contributed by atoms with Crippen LogP contribution in [0, 0.1) is 5.82 Å². The van der Waals surface area contributed by atoms with Crippen LogP contribution in [0.4, 0.5) is 4.39 Å². The fourth-order valence-electron chi connectivity index (χ4n) is 4.07. The van der Waals surface area contributed by atoms with Crippen molar-refractivity contribution in [1.29, 1.82) is 0 Å². The van der Waals surface area contributed by atoms with Crippen LogP contribution >= 0.6 is 0 Å². The van der Waals surface area contributed by atoms with E-state index >= 15 is 0 Å². The van der Waals surface area contributed by atoms with E-state index in [1.165, 1.54) is 36.2 Å². The molecule has 7 nitrogen and oxygen atoms in total. The molecule has 0 aliphatic heterocycles. The van der Waals surface area contributed by atoms with Gasteiger partial charge in [-0.3, -0.25) is 9.59 Å². The lowest BCUT2D eigenvalue weighted by Crippen LogP contribution is -2.42. The first-order valence-corrected chi connectivity index (χ1v) is 13.7. The zero-order chi connectivity index (χ0) is 26.4. The van der Waals surface area contributed by atoms with Crippen LogP contribution in [0.1, 0.15) is 42.0 Å². The highest BCUT2D eigenvalue weighted by Crippen LogP contribution is 2.26. The first kappa shape index (κ1) is 26.5. The Bertz CT molecular complexity index is 1330. The van der Waals surface area contributed by atoms with Gasteiger partial charge in [0.2, 0.25) is 21.8 Å². The van der Waals surface area contributed by atoms with Crippen molar-refractivity contribution in [2.45, 2.75) is 49.2 Å². The molecule has 1 atom stereocenters. The number of rotatable bonds is 11. The Kier molecular flexibility index (Phi) is 8.35. The number of carbonyl (C=O) groups is 2. The fourth-order valence-corrected chi connectivity index (χ4v) is 5.38. The molecule has 1 fully saturated rings. The minimum absolute atomic E-state index is 0.0206. The predicted molar refractivity (Wildman–Crippen MR) is 138 cm³/mol. The Morgan fingerprint density at radius 3 is 2.16 bits per heavy atom. The molecule has 2 N–H and O–H groups in total. The number of sulfonamides is 1. The van der Waals surface area contributed by atoms with Crippen molar-refractivity contribution in [3.63, 3.8) is 0 Å². The maximum atomic E-state index is 13.5. The second kappa shape index (κ2) is 11.7. The van der Waals surface area contributed by atoms with Crippen LogP contribution in [0.3, 0.4) is 0 Å². The quantitative estimate of drug-likeness (QED) is 0.401. The first-order chi connectivity index (χ1) is 17.8. The van der Waals surface area contributed by atoms with E-state index in [-0.39, 0.29) is 41.5 Å². The summed E-state index contributed by atoms with van der Waals surface area (Å²) >= 11 is 0. The Morgan fingerprint density at radius 2 is 1.57 bits per heavy atom. The summed E-state index contributed by atoms with van der Waals surface area (Å²) in [5.41, 5.74) is 2.16. The van der Waals surface area contributed by atoms with Gasteiger partial charge >= 0.3 is 0 Å². The summed E-state index contributed by atoms with van der Waals surface area (Å²) in [5, 5.41) is 2.65. The lowest BCUT2D eigenvalue weighted by Gasteiger charge is -2.31. The number of aryl methyl sites for hydroxylation is 1. The van der Waals surface area contributed by atoms with Crippen LogP contribution in [0.25, 0.3) is 0 Å². The minimum Gasteiger partial charge on any atom is -0.357 e. The number of nitrogens with zero attached hydrogens (tertiary/aromatic N) is 1. The molecule has 0 heterocycles. The summed E-state index contributed by atoms with van der Waals surface area (Å²) in [7, 11) is -2.03. The smallest absolute Gasteiger partial charge is 0.247 e. The molecule has 1 aliphatic carbocycles. The number of hydrogen-bond donors (Lipinski definition) is 2. The molecular formula is C28H30FN3O4S. The van der Waals surface area contributed by atoms with E-state index in [4.69, 9.17) is 0 Å². The van der Waals surface area contributed by atoms with Gasteiger partial charge in [0.1, 0.15) is 11.9 Å². The van der Waals surface area contributed by atoms with E-state index in [0.717, 1.165) is 18.4 Å². The third-order valence-electron chi connectivity index (χ3n) is 6.27. The third-order valence-corrected chi connectivity index (χ3v) is 7.81. The zero-order valence-corrected chi connectivity index (χ0v) is 21.4. The normalized spacial score (nSPS) is 14.1. The molecule has 0 saturated heterocycles. The average molecular weight is 524 g/mol. The van der Waals surface area contributed by atoms with Crippen LogP contribution in [0.15, 0.2) is 83.8 Å². The Balaban J connectivity index is 1.53. The Labute approximate surface area is 216 Å². The van der Waals surface area contributed by atoms with Gasteiger partial charge in [0.05, 0.1) is 4.90 Å². The van der Waals surface area contributed by atoms with Crippen LogP contribution in [-0.2, 0) is 32.6 Å². The van der Waals surface area contributed by atoms with Crippen molar-refractivity contribution in [1.82, 2.24) is 14.9 Å². The molecule has 0 radical (unpaired) electrons. The first-order valence-electron chi connectivity index (χ1n) is 12.2. The van der Waals surface area contributed by atoms with E-state index in [9.17, 15) is 22.4 Å². The van der Waals surface area contributed by atoms with Crippen molar-refractivity contribution in [2.24, 2.45) is 0 Å². The number of benzene rings is 3. The molecule has 194 valence electrons. The lowest BCUT2D eigenvalue weighted by molar-refractivity contribution is -0.141. The summed E-state index contributed by atoms with van der Waals surface area (Å²) in [4.78, 5) is 28.2. The standard InChI is InChI=1S/C28H30FN3O4S/c1-30-28(34)27(22-5-3-2-4-6-22)32(19-21-7-12-23(29)13-8-21)26(33)18-11-20-9-16-25(17-10-20)37(35,36)31-24-14-15-24/h2-10,12-13,16-17,24,27,31H,11,14-15,18-19H2,1H3,(H,30,34)/t27-/m0/s1. The molecule has 0 aromatic heterocycles. The second-order valence-electron chi connectivity index (χ2n) is 9.12. The van der Waals surface area contributed by atoms with Crippen molar-refractivity contribution in [2.75, 3.05) is 7.05 Å². The summed E-state index contributed by atoms with van der Waals surface area (Å²) in [6.07, 6.45) is 2.18. The zero-order valence-electron chi connectivity index (χ0n) is 20.6. The number of likely N-dealkylation sites (N-methyl/N-ethyl adjacent to an activating group) is 1. The highest BCUT2D eigenvalue weighted by Gasteiger charge is 2.31. The third kappa shape index (κ3) is 7.02. The van der Waals surface area contributed by atoms with Gasteiger partial charge in [-0.05, 0) is 60.2 Å². The average Bonchev–Trinajstić information content (AvgIpc) is 3.72. The van der Waals surface area contributed by atoms with Crippen LogP contribution in [0.2, 0.25) is 0 Å². The number of hydrogen-bond acceptors (Lipinski definition) is 4. The monoisotopic (exact) mass is 523 g/mol. The highest BCUT2D eigenvalue weighted by atomic mass is 32.2. The summed E-state index contributed by atoms with van der Waals surface area (Å²) in [6, 6.07) is 20.5. The van der Waals surface area contributed by atoms with E-state index in [2.05, 4.69) is 10.0 Å². The maximum absolute atomic E-state index is 13.5. The van der Waals surface area contributed by atoms with Crippen molar-refractivity contribution in [3.05, 3.63) is 101 Å². The van der Waals surface area contributed by atoms with Crippen molar-refractivity contribution in [3.8, 4) is 0 Å². The van der Waals surface area contributed by atoms with Gasteiger partial charge in [0.15, 0.2) is 0 Å². The van der Waals surface area contributed by atoms with Gasteiger partial charge in [-0.15, -0.1) is 0 Å². The Hall–Kier alpha value is -3.56. The molecule has 0 bridgehead atoms. The van der Waals surface area contributed by atoms with Gasteiger partial charge in [0.25, 0.3) is 0 Å². The SMILES string of the molecule is CNC(=O)[C@H](c1ccccc1)N(Cc1ccc(F)cc1)C(=O)CCc1ccc(S(=O)(=O)NC2CC2)cc1. The fraction of sp³-hybridized carbons (Fsp3) is 0.286. The summed E-state index contributed by atoms with van der Waals surface area (Å²) in [5.74, 6) is -0.974. The highest BCUT2D eigenvalue weighted by molar-refractivity contribution is 7.89. The van der Waals surface area contributed by atoms with Gasteiger partial charge in [-0.2, -0.15) is 0 Å². The topological polar surface area (TPSA) is 95.6 Å². The number of carbonyl (C=O) groups excluding carboxylic acids is 2. The van der Waals surface area contributed by atoms with Crippen LogP contribution < -0.4 is 10.0 Å². The number of amides is 2.